The Kier molecular flexibility index (Phi) is 0.623. The SMILES string of the molecule is O=C1[C@@H]2[C@H]3C[C@H]4[C@@H]2S[C@@H]2[C@@H]1[C@H]3[C@@H]42. The Morgan fingerprint density at radius 2 is 2.00 bits per heavy atom. The van der Waals surface area contributed by atoms with Crippen molar-refractivity contribution in [1.29, 1.82) is 0 Å². The number of hydrogen-bond donors (Lipinski definition) is 0. The highest BCUT2D eigenvalue weighted by atomic mass is 32.2. The molecule has 0 aromatic rings. The highest BCUT2D eigenvalue weighted by Gasteiger charge is 2.81. The van der Waals surface area contributed by atoms with Gasteiger partial charge < -0.3 is 0 Å². The highest BCUT2D eigenvalue weighted by molar-refractivity contribution is 8.01. The second-order valence-corrected chi connectivity index (χ2v) is 6.60. The van der Waals surface area contributed by atoms with Gasteiger partial charge in [-0.3, -0.25) is 4.79 Å². The number of ketones is 1. The molecule has 0 aromatic carbocycles. The van der Waals surface area contributed by atoms with Crippen molar-refractivity contribution < 1.29 is 4.79 Å². The molecule has 2 bridgehead atoms. The third kappa shape index (κ3) is 0.301. The average molecular weight is 178 g/mol. The van der Waals surface area contributed by atoms with E-state index in [4.69, 9.17) is 0 Å². The molecule has 62 valence electrons. The minimum absolute atomic E-state index is 0.546. The molecule has 5 rings (SSSR count). The standard InChI is InChI=1S/C10H10OS/c11-8-6-2-1-3-5-4(2)7(8)10(5)12-9(3)6/h2-7,9-10H,1H2/t2-,3+,4+,5+,6-,7+,9-,10-/m0/s1. The maximum Gasteiger partial charge on any atom is 0.141 e. The molecule has 2 heteroatoms. The van der Waals surface area contributed by atoms with Gasteiger partial charge in [0.15, 0.2) is 0 Å². The van der Waals surface area contributed by atoms with Crippen molar-refractivity contribution in [3.8, 4) is 0 Å². The van der Waals surface area contributed by atoms with Crippen LogP contribution < -0.4 is 0 Å². The fourth-order valence-electron chi connectivity index (χ4n) is 5.22. The molecule has 8 atom stereocenters. The summed E-state index contributed by atoms with van der Waals surface area (Å²) in [7, 11) is 0. The number of Topliss-reactive ketones (excluding diaryl/α,β-unsaturated/α-hetero) is 1. The molecule has 1 aliphatic heterocycles. The smallest absolute Gasteiger partial charge is 0.141 e. The van der Waals surface area contributed by atoms with Crippen molar-refractivity contribution >= 4 is 17.5 Å². The van der Waals surface area contributed by atoms with Crippen LogP contribution in [0.25, 0.3) is 0 Å². The lowest BCUT2D eigenvalue weighted by molar-refractivity contribution is -0.126. The van der Waals surface area contributed by atoms with Crippen LogP contribution in [0.1, 0.15) is 6.42 Å². The number of hydrogen-bond acceptors (Lipinski definition) is 2. The molecule has 4 saturated carbocycles. The molecule has 1 heterocycles. The Bertz CT molecular complexity index is 320. The predicted octanol–water partition coefficient (Wildman–Crippen LogP) is 1.18. The zero-order valence-electron chi connectivity index (χ0n) is 6.64. The third-order valence-corrected chi connectivity index (χ3v) is 7.21. The summed E-state index contributed by atoms with van der Waals surface area (Å²) in [5, 5.41) is 1.61. The fourth-order valence-corrected chi connectivity index (χ4v) is 7.63. The van der Waals surface area contributed by atoms with Crippen molar-refractivity contribution in [3.63, 3.8) is 0 Å². The first kappa shape index (κ1) is 5.69. The molecule has 0 radical (unpaired) electrons. The molecular weight excluding hydrogens is 168 g/mol. The first-order valence-electron chi connectivity index (χ1n) is 5.07. The minimum atomic E-state index is 0.546. The van der Waals surface area contributed by atoms with Gasteiger partial charge in [-0.15, -0.1) is 0 Å². The van der Waals surface area contributed by atoms with E-state index in [9.17, 15) is 4.79 Å². The van der Waals surface area contributed by atoms with Crippen molar-refractivity contribution in [3.05, 3.63) is 0 Å². The lowest BCUT2D eigenvalue weighted by Gasteiger charge is -2.42. The Morgan fingerprint density at radius 3 is 2.92 bits per heavy atom. The molecule has 0 amide bonds. The maximum absolute atomic E-state index is 11.9. The van der Waals surface area contributed by atoms with Crippen LogP contribution in [-0.4, -0.2) is 16.3 Å². The van der Waals surface area contributed by atoms with Crippen LogP contribution in [0.15, 0.2) is 0 Å². The van der Waals surface area contributed by atoms with Crippen molar-refractivity contribution in [1.82, 2.24) is 0 Å². The van der Waals surface area contributed by atoms with Crippen LogP contribution >= 0.6 is 11.8 Å². The van der Waals surface area contributed by atoms with Crippen LogP contribution in [0.5, 0.6) is 0 Å². The first-order valence-corrected chi connectivity index (χ1v) is 6.01. The topological polar surface area (TPSA) is 17.1 Å². The van der Waals surface area contributed by atoms with Crippen LogP contribution in [-0.2, 0) is 4.79 Å². The third-order valence-electron chi connectivity index (χ3n) is 5.33. The Labute approximate surface area is 75.3 Å². The lowest BCUT2D eigenvalue weighted by Crippen LogP contribution is -2.46. The second-order valence-electron chi connectivity index (χ2n) is 5.24. The molecule has 0 spiro atoms. The summed E-state index contributed by atoms with van der Waals surface area (Å²) in [6, 6.07) is 0. The molecular formula is C10H10OS. The molecule has 4 aliphatic carbocycles. The summed E-state index contributed by atoms with van der Waals surface area (Å²) in [5.74, 6) is 5.55. The van der Waals surface area contributed by atoms with Gasteiger partial charge in [0.05, 0.1) is 0 Å². The van der Waals surface area contributed by atoms with E-state index in [0.717, 1.165) is 34.2 Å². The van der Waals surface area contributed by atoms with Gasteiger partial charge in [-0.05, 0) is 30.1 Å². The van der Waals surface area contributed by atoms with Gasteiger partial charge in [0.1, 0.15) is 5.78 Å². The maximum atomic E-state index is 11.9. The van der Waals surface area contributed by atoms with E-state index in [1.54, 1.807) is 0 Å². The van der Waals surface area contributed by atoms with Crippen molar-refractivity contribution in [2.75, 3.05) is 0 Å². The van der Waals surface area contributed by atoms with E-state index >= 15 is 0 Å². The lowest BCUT2D eigenvalue weighted by atomic mass is 9.64. The largest absolute Gasteiger partial charge is 0.299 e. The molecule has 5 fully saturated rings. The predicted molar refractivity (Wildman–Crippen MR) is 45.7 cm³/mol. The van der Waals surface area contributed by atoms with E-state index in [-0.39, 0.29) is 0 Å². The summed E-state index contributed by atoms with van der Waals surface area (Å²) in [6.45, 7) is 0. The molecule has 12 heavy (non-hydrogen) atoms. The molecule has 0 aromatic heterocycles. The summed E-state index contributed by atoms with van der Waals surface area (Å²) in [6.07, 6.45) is 1.43. The second kappa shape index (κ2) is 1.31. The van der Waals surface area contributed by atoms with Gasteiger partial charge in [-0.1, -0.05) is 0 Å². The zero-order chi connectivity index (χ0) is 7.61. The number of thioether (sulfide) groups is 1. The van der Waals surface area contributed by atoms with Crippen LogP contribution in [0.2, 0.25) is 0 Å². The van der Waals surface area contributed by atoms with E-state index in [0.29, 0.717) is 17.6 Å². The van der Waals surface area contributed by atoms with E-state index in [2.05, 4.69) is 11.8 Å². The van der Waals surface area contributed by atoms with E-state index < -0.39 is 0 Å². The number of carbonyl (C=O) groups is 1. The van der Waals surface area contributed by atoms with Gasteiger partial charge in [0, 0.05) is 22.3 Å². The molecule has 1 nitrogen and oxygen atoms in total. The van der Waals surface area contributed by atoms with Gasteiger partial charge in [-0.25, -0.2) is 0 Å². The van der Waals surface area contributed by atoms with Gasteiger partial charge >= 0.3 is 0 Å². The highest BCUT2D eigenvalue weighted by Crippen LogP contribution is 2.81. The van der Waals surface area contributed by atoms with E-state index in [1.165, 1.54) is 6.42 Å². The first-order chi connectivity index (χ1) is 5.88. The molecule has 5 aliphatic rings. The Hall–Kier alpha value is 0.0200. The average Bonchev–Trinajstić information content (AvgIpc) is 2.47. The molecule has 1 saturated heterocycles. The van der Waals surface area contributed by atoms with Crippen molar-refractivity contribution in [2.45, 2.75) is 16.9 Å². The fraction of sp³-hybridized carbons (Fsp3) is 0.900. The van der Waals surface area contributed by atoms with Gasteiger partial charge in [0.2, 0.25) is 0 Å². The van der Waals surface area contributed by atoms with E-state index in [1.807, 2.05) is 0 Å². The zero-order valence-corrected chi connectivity index (χ0v) is 7.46. The monoisotopic (exact) mass is 178 g/mol. The van der Waals surface area contributed by atoms with Crippen LogP contribution in [0.4, 0.5) is 0 Å². The van der Waals surface area contributed by atoms with Gasteiger partial charge in [0.25, 0.3) is 0 Å². The van der Waals surface area contributed by atoms with Crippen LogP contribution in [0, 0.1) is 35.5 Å². The Morgan fingerprint density at radius 1 is 1.08 bits per heavy atom. The number of carbonyl (C=O) groups excluding carboxylic acids is 1. The number of rotatable bonds is 0. The summed E-state index contributed by atoms with van der Waals surface area (Å²) in [4.78, 5) is 11.9. The van der Waals surface area contributed by atoms with Gasteiger partial charge in [-0.2, -0.15) is 11.8 Å². The quantitative estimate of drug-likeness (QED) is 0.554. The van der Waals surface area contributed by atoms with Crippen LogP contribution in [0.3, 0.4) is 0 Å². The number of fused-ring (bicyclic) bond motifs is 2. The summed E-state index contributed by atoms with van der Waals surface area (Å²) >= 11 is 2.19. The van der Waals surface area contributed by atoms with Crippen molar-refractivity contribution in [2.24, 2.45) is 35.5 Å². The molecule has 0 N–H and O–H groups in total. The minimum Gasteiger partial charge on any atom is -0.299 e. The summed E-state index contributed by atoms with van der Waals surface area (Å²) < 4.78 is 0. The summed E-state index contributed by atoms with van der Waals surface area (Å²) in [5.41, 5.74) is 0. The Balaban J connectivity index is 1.91. The molecule has 0 unspecified atom stereocenters. The normalized spacial score (nSPS) is 79.2.